The number of aromatic nitrogens is 2. The number of carbonyl (C=O) groups excluding carboxylic acids is 1. The molecule has 1 aliphatic rings. The van der Waals surface area contributed by atoms with Crippen LogP contribution in [0.3, 0.4) is 0 Å². The topological polar surface area (TPSA) is 96.3 Å². The quantitative estimate of drug-likeness (QED) is 0.458. The molecule has 0 radical (unpaired) electrons. The molecule has 2 aromatic rings. The van der Waals surface area contributed by atoms with Gasteiger partial charge in [0.1, 0.15) is 17.4 Å². The highest BCUT2D eigenvalue weighted by Gasteiger charge is 2.15. The first-order chi connectivity index (χ1) is 12.8. The Bertz CT molecular complexity index is 782. The number of morpholine rings is 1. The standard InChI is InChI=1S/C18H21N5O3/c19-13-15(18(24)21-4-1-6-22-7-5-20-14-22)12-16-2-3-17(26-16)23-8-10-25-11-9-23/h2-3,5,7,12,14H,1,4,6,8-11H2,(H,21,24)/b15-12+. The van der Waals surface area contributed by atoms with Crippen LogP contribution in [0.1, 0.15) is 12.2 Å². The molecule has 0 aromatic carbocycles. The number of anilines is 1. The maximum atomic E-state index is 12.2. The number of nitriles is 1. The van der Waals surface area contributed by atoms with Crippen LogP contribution in [0.25, 0.3) is 6.08 Å². The van der Waals surface area contributed by atoms with E-state index < -0.39 is 5.91 Å². The number of aryl methyl sites for hydroxylation is 1. The van der Waals surface area contributed by atoms with Gasteiger partial charge in [-0.2, -0.15) is 5.26 Å². The monoisotopic (exact) mass is 355 g/mol. The summed E-state index contributed by atoms with van der Waals surface area (Å²) >= 11 is 0. The number of amides is 1. The minimum atomic E-state index is -0.401. The van der Waals surface area contributed by atoms with E-state index in [-0.39, 0.29) is 5.57 Å². The van der Waals surface area contributed by atoms with Crippen LogP contribution in [0.15, 0.2) is 40.8 Å². The summed E-state index contributed by atoms with van der Waals surface area (Å²) in [6.45, 7) is 4.09. The fourth-order valence-electron chi connectivity index (χ4n) is 2.64. The van der Waals surface area contributed by atoms with Crippen LogP contribution in [0, 0.1) is 11.3 Å². The normalized spacial score (nSPS) is 14.9. The molecule has 0 unspecified atom stereocenters. The second-order valence-electron chi connectivity index (χ2n) is 5.86. The van der Waals surface area contributed by atoms with E-state index in [1.54, 1.807) is 18.6 Å². The largest absolute Gasteiger partial charge is 0.441 e. The summed E-state index contributed by atoms with van der Waals surface area (Å²) in [5.74, 6) is 0.802. The lowest BCUT2D eigenvalue weighted by Gasteiger charge is -2.26. The zero-order chi connectivity index (χ0) is 18.2. The average Bonchev–Trinajstić information content (AvgIpc) is 3.36. The van der Waals surface area contributed by atoms with Crippen LogP contribution in [0.5, 0.6) is 0 Å². The summed E-state index contributed by atoms with van der Waals surface area (Å²) < 4.78 is 13.0. The zero-order valence-electron chi connectivity index (χ0n) is 14.4. The van der Waals surface area contributed by atoms with Gasteiger partial charge in [-0.15, -0.1) is 0 Å². The van der Waals surface area contributed by atoms with Crippen molar-refractivity contribution in [2.75, 3.05) is 37.7 Å². The molecule has 3 heterocycles. The Hall–Kier alpha value is -3.05. The van der Waals surface area contributed by atoms with Crippen molar-refractivity contribution in [1.29, 1.82) is 5.26 Å². The van der Waals surface area contributed by atoms with Gasteiger partial charge in [0.25, 0.3) is 5.91 Å². The Kier molecular flexibility index (Phi) is 6.06. The van der Waals surface area contributed by atoms with Crippen LogP contribution >= 0.6 is 0 Å². The number of nitrogens with zero attached hydrogens (tertiary/aromatic N) is 4. The van der Waals surface area contributed by atoms with Gasteiger partial charge in [0.2, 0.25) is 0 Å². The first kappa shape index (κ1) is 17.8. The smallest absolute Gasteiger partial charge is 0.262 e. The Morgan fingerprint density at radius 3 is 2.96 bits per heavy atom. The zero-order valence-corrected chi connectivity index (χ0v) is 14.4. The summed E-state index contributed by atoms with van der Waals surface area (Å²) in [6.07, 6.45) is 7.53. The lowest BCUT2D eigenvalue weighted by molar-refractivity contribution is -0.117. The highest BCUT2D eigenvalue weighted by molar-refractivity contribution is 6.01. The van der Waals surface area contributed by atoms with Gasteiger partial charge in [-0.3, -0.25) is 4.79 Å². The third-order valence-corrected chi connectivity index (χ3v) is 4.02. The molecule has 26 heavy (non-hydrogen) atoms. The molecule has 1 aliphatic heterocycles. The third-order valence-electron chi connectivity index (χ3n) is 4.02. The number of rotatable bonds is 7. The summed E-state index contributed by atoms with van der Waals surface area (Å²) in [5, 5.41) is 12.0. The minimum absolute atomic E-state index is 0.0236. The average molecular weight is 355 g/mol. The van der Waals surface area contributed by atoms with E-state index in [4.69, 9.17) is 9.15 Å². The maximum Gasteiger partial charge on any atom is 0.262 e. The molecule has 0 bridgehead atoms. The number of ether oxygens (including phenoxy) is 1. The Labute approximate surface area is 151 Å². The van der Waals surface area contributed by atoms with Crippen molar-refractivity contribution >= 4 is 17.9 Å². The SMILES string of the molecule is N#C/C(=C\c1ccc(N2CCOCC2)o1)C(=O)NCCCn1ccnc1. The van der Waals surface area contributed by atoms with E-state index in [1.165, 1.54) is 6.08 Å². The van der Waals surface area contributed by atoms with Gasteiger partial charge in [0, 0.05) is 50.7 Å². The highest BCUT2D eigenvalue weighted by atomic mass is 16.5. The second kappa shape index (κ2) is 8.87. The van der Waals surface area contributed by atoms with E-state index in [9.17, 15) is 10.1 Å². The van der Waals surface area contributed by atoms with E-state index in [0.29, 0.717) is 25.5 Å². The van der Waals surface area contributed by atoms with Crippen LogP contribution in [-0.2, 0) is 16.1 Å². The number of furan rings is 1. The van der Waals surface area contributed by atoms with Crippen molar-refractivity contribution in [2.24, 2.45) is 0 Å². The molecule has 8 heteroatoms. The van der Waals surface area contributed by atoms with Crippen LogP contribution < -0.4 is 10.2 Å². The van der Waals surface area contributed by atoms with Gasteiger partial charge in [0.05, 0.1) is 19.5 Å². The summed E-state index contributed by atoms with van der Waals surface area (Å²) in [7, 11) is 0. The van der Waals surface area contributed by atoms with E-state index in [2.05, 4.69) is 15.2 Å². The van der Waals surface area contributed by atoms with E-state index in [0.717, 1.165) is 31.9 Å². The molecule has 1 fully saturated rings. The van der Waals surface area contributed by atoms with Crippen LogP contribution in [0.2, 0.25) is 0 Å². The summed E-state index contributed by atoms with van der Waals surface area (Å²) in [6, 6.07) is 5.53. The van der Waals surface area contributed by atoms with Gasteiger partial charge in [-0.25, -0.2) is 4.98 Å². The fourth-order valence-corrected chi connectivity index (χ4v) is 2.64. The molecule has 3 rings (SSSR count). The lowest BCUT2D eigenvalue weighted by Crippen LogP contribution is -2.35. The molecule has 1 amide bonds. The third kappa shape index (κ3) is 4.74. The minimum Gasteiger partial charge on any atom is -0.441 e. The van der Waals surface area contributed by atoms with Crippen molar-refractivity contribution in [3.05, 3.63) is 42.2 Å². The molecule has 0 atom stereocenters. The molecule has 0 spiro atoms. The molecule has 2 aromatic heterocycles. The van der Waals surface area contributed by atoms with E-state index in [1.807, 2.05) is 22.9 Å². The van der Waals surface area contributed by atoms with Crippen molar-refractivity contribution in [3.8, 4) is 6.07 Å². The maximum absolute atomic E-state index is 12.2. The second-order valence-corrected chi connectivity index (χ2v) is 5.86. The predicted octanol–water partition coefficient (Wildman–Crippen LogP) is 1.43. The number of hydrogen-bond acceptors (Lipinski definition) is 6. The number of hydrogen-bond donors (Lipinski definition) is 1. The van der Waals surface area contributed by atoms with Crippen molar-refractivity contribution in [1.82, 2.24) is 14.9 Å². The molecule has 0 aliphatic carbocycles. The first-order valence-electron chi connectivity index (χ1n) is 8.54. The van der Waals surface area contributed by atoms with Gasteiger partial charge in [-0.1, -0.05) is 0 Å². The van der Waals surface area contributed by atoms with Gasteiger partial charge in [0.15, 0.2) is 5.88 Å². The fraction of sp³-hybridized carbons (Fsp3) is 0.389. The van der Waals surface area contributed by atoms with Gasteiger partial charge < -0.3 is 23.9 Å². The number of imidazole rings is 1. The molecular weight excluding hydrogens is 334 g/mol. The molecule has 8 nitrogen and oxygen atoms in total. The molecule has 0 saturated carbocycles. The predicted molar refractivity (Wildman–Crippen MR) is 95.2 cm³/mol. The first-order valence-corrected chi connectivity index (χ1v) is 8.54. The van der Waals surface area contributed by atoms with Crippen molar-refractivity contribution < 1.29 is 13.9 Å². The molecule has 1 N–H and O–H groups in total. The number of nitrogens with one attached hydrogen (secondary N) is 1. The summed E-state index contributed by atoms with van der Waals surface area (Å²) in [4.78, 5) is 18.2. The van der Waals surface area contributed by atoms with Crippen LogP contribution in [0.4, 0.5) is 5.88 Å². The van der Waals surface area contributed by atoms with E-state index >= 15 is 0 Å². The lowest BCUT2D eigenvalue weighted by atomic mass is 10.2. The summed E-state index contributed by atoms with van der Waals surface area (Å²) in [5.41, 5.74) is 0.0236. The molecule has 1 saturated heterocycles. The highest BCUT2D eigenvalue weighted by Crippen LogP contribution is 2.21. The Morgan fingerprint density at radius 2 is 2.23 bits per heavy atom. The van der Waals surface area contributed by atoms with Crippen LogP contribution in [-0.4, -0.2) is 48.3 Å². The molecular formula is C18H21N5O3. The van der Waals surface area contributed by atoms with Gasteiger partial charge >= 0.3 is 0 Å². The van der Waals surface area contributed by atoms with Crippen molar-refractivity contribution in [3.63, 3.8) is 0 Å². The Morgan fingerprint density at radius 1 is 1.38 bits per heavy atom. The molecule has 136 valence electrons. The van der Waals surface area contributed by atoms with Gasteiger partial charge in [-0.05, 0) is 12.5 Å². The van der Waals surface area contributed by atoms with Crippen molar-refractivity contribution in [2.45, 2.75) is 13.0 Å². The number of carbonyl (C=O) groups is 1. The Balaban J connectivity index is 1.52.